The minimum Gasteiger partial charge on any atom is -0.478 e. The second kappa shape index (κ2) is 5.01. The monoisotopic (exact) mass is 220 g/mol. The maximum atomic E-state index is 10.7. The molecular formula is C13H16O3. The third-order valence-corrected chi connectivity index (χ3v) is 3.13. The summed E-state index contributed by atoms with van der Waals surface area (Å²) in [6, 6.07) is 3.83. The highest BCUT2D eigenvalue weighted by Gasteiger charge is 2.20. The second-order valence-corrected chi connectivity index (χ2v) is 4.28. The topological polar surface area (TPSA) is 50.4 Å². The van der Waals surface area contributed by atoms with Crippen LogP contribution in [0.25, 0.3) is 0 Å². The molecule has 16 heavy (non-hydrogen) atoms. The smallest absolute Gasteiger partial charge is 0.328 e. The van der Waals surface area contributed by atoms with Crippen LogP contribution in [0.2, 0.25) is 0 Å². The van der Waals surface area contributed by atoms with Gasteiger partial charge in [-0.25, -0.2) is 4.79 Å². The SMILES string of the molecule is O=C(O)/C=C1\CCCCC1Cc1ccco1. The number of carbonyl (C=O) groups is 1. The Balaban J connectivity index is 2.08. The molecule has 0 saturated heterocycles. The molecule has 86 valence electrons. The molecule has 1 atom stereocenters. The number of carboxylic acid groups (broad SMARTS) is 1. The molecule has 3 heteroatoms. The Morgan fingerprint density at radius 2 is 2.44 bits per heavy atom. The van der Waals surface area contributed by atoms with E-state index in [2.05, 4.69) is 0 Å². The van der Waals surface area contributed by atoms with Gasteiger partial charge in [0.1, 0.15) is 5.76 Å². The fourth-order valence-electron chi connectivity index (χ4n) is 2.36. The summed E-state index contributed by atoms with van der Waals surface area (Å²) in [6.45, 7) is 0. The summed E-state index contributed by atoms with van der Waals surface area (Å²) < 4.78 is 5.31. The third-order valence-electron chi connectivity index (χ3n) is 3.13. The summed E-state index contributed by atoms with van der Waals surface area (Å²) in [5, 5.41) is 8.81. The highest BCUT2D eigenvalue weighted by Crippen LogP contribution is 2.31. The molecule has 1 saturated carbocycles. The molecule has 1 aliphatic rings. The van der Waals surface area contributed by atoms with Crippen molar-refractivity contribution in [2.24, 2.45) is 5.92 Å². The number of hydrogen-bond acceptors (Lipinski definition) is 2. The van der Waals surface area contributed by atoms with Crippen LogP contribution in [0.3, 0.4) is 0 Å². The van der Waals surface area contributed by atoms with Crippen molar-refractivity contribution in [3.05, 3.63) is 35.8 Å². The van der Waals surface area contributed by atoms with Crippen molar-refractivity contribution in [3.63, 3.8) is 0 Å². The second-order valence-electron chi connectivity index (χ2n) is 4.28. The van der Waals surface area contributed by atoms with Crippen LogP contribution in [0.15, 0.2) is 34.5 Å². The normalized spacial score (nSPS) is 23.5. The van der Waals surface area contributed by atoms with Crippen LogP contribution in [-0.2, 0) is 11.2 Å². The van der Waals surface area contributed by atoms with E-state index >= 15 is 0 Å². The molecule has 1 fully saturated rings. The van der Waals surface area contributed by atoms with Crippen molar-refractivity contribution in [1.82, 2.24) is 0 Å². The lowest BCUT2D eigenvalue weighted by molar-refractivity contribution is -0.131. The van der Waals surface area contributed by atoms with Gasteiger partial charge in [0.25, 0.3) is 0 Å². The summed E-state index contributed by atoms with van der Waals surface area (Å²) in [5.74, 6) is 0.459. The van der Waals surface area contributed by atoms with E-state index < -0.39 is 5.97 Å². The zero-order chi connectivity index (χ0) is 11.4. The number of carboxylic acids is 1. The predicted octanol–water partition coefficient (Wildman–Crippen LogP) is 3.02. The van der Waals surface area contributed by atoms with Crippen molar-refractivity contribution >= 4 is 5.97 Å². The van der Waals surface area contributed by atoms with E-state index in [1.165, 1.54) is 12.5 Å². The van der Waals surface area contributed by atoms with Gasteiger partial charge in [-0.3, -0.25) is 0 Å². The Morgan fingerprint density at radius 3 is 3.12 bits per heavy atom. The summed E-state index contributed by atoms with van der Waals surface area (Å²) in [4.78, 5) is 10.7. The first-order chi connectivity index (χ1) is 7.75. The molecule has 1 aromatic heterocycles. The third kappa shape index (κ3) is 2.75. The minimum atomic E-state index is -0.832. The van der Waals surface area contributed by atoms with E-state index in [9.17, 15) is 4.79 Å². The average molecular weight is 220 g/mol. The van der Waals surface area contributed by atoms with Gasteiger partial charge in [-0.05, 0) is 37.3 Å². The van der Waals surface area contributed by atoms with Gasteiger partial charge in [-0.2, -0.15) is 0 Å². The van der Waals surface area contributed by atoms with Crippen LogP contribution in [0.5, 0.6) is 0 Å². The number of hydrogen-bond donors (Lipinski definition) is 1. The van der Waals surface area contributed by atoms with Gasteiger partial charge in [0.2, 0.25) is 0 Å². The maximum Gasteiger partial charge on any atom is 0.328 e. The standard InChI is InChI=1S/C13H16O3/c14-13(15)9-11-5-2-1-4-10(11)8-12-6-3-7-16-12/h3,6-7,9-10H,1-2,4-5,8H2,(H,14,15)/b11-9+. The molecule has 1 aliphatic carbocycles. The molecule has 3 nitrogen and oxygen atoms in total. The van der Waals surface area contributed by atoms with E-state index in [0.717, 1.165) is 37.0 Å². The van der Waals surface area contributed by atoms with Crippen LogP contribution in [-0.4, -0.2) is 11.1 Å². The summed E-state index contributed by atoms with van der Waals surface area (Å²) in [6.07, 6.45) is 8.14. The fraction of sp³-hybridized carbons (Fsp3) is 0.462. The Kier molecular flexibility index (Phi) is 3.44. The first kappa shape index (κ1) is 11.0. The molecule has 0 bridgehead atoms. The fourth-order valence-corrected chi connectivity index (χ4v) is 2.36. The van der Waals surface area contributed by atoms with Gasteiger partial charge < -0.3 is 9.52 Å². The number of rotatable bonds is 3. The molecule has 0 amide bonds. The Labute approximate surface area is 94.8 Å². The molecule has 2 rings (SSSR count). The van der Waals surface area contributed by atoms with Crippen LogP contribution in [0, 0.1) is 5.92 Å². The highest BCUT2D eigenvalue weighted by atomic mass is 16.4. The van der Waals surface area contributed by atoms with Crippen LogP contribution in [0.1, 0.15) is 31.4 Å². The van der Waals surface area contributed by atoms with Gasteiger partial charge in [-0.1, -0.05) is 12.0 Å². The first-order valence-electron chi connectivity index (χ1n) is 5.71. The molecule has 0 spiro atoms. The summed E-state index contributed by atoms with van der Waals surface area (Å²) in [5.41, 5.74) is 1.06. The molecule has 0 aromatic carbocycles. The maximum absolute atomic E-state index is 10.7. The van der Waals surface area contributed by atoms with Crippen molar-refractivity contribution in [1.29, 1.82) is 0 Å². The zero-order valence-corrected chi connectivity index (χ0v) is 9.19. The van der Waals surface area contributed by atoms with Crippen molar-refractivity contribution in [2.75, 3.05) is 0 Å². The molecule has 1 aromatic rings. The minimum absolute atomic E-state index is 0.344. The van der Waals surface area contributed by atoms with Crippen LogP contribution in [0.4, 0.5) is 0 Å². The number of furan rings is 1. The van der Waals surface area contributed by atoms with Crippen molar-refractivity contribution in [2.45, 2.75) is 32.1 Å². The van der Waals surface area contributed by atoms with Gasteiger partial charge >= 0.3 is 5.97 Å². The lowest BCUT2D eigenvalue weighted by atomic mass is 9.81. The van der Waals surface area contributed by atoms with Gasteiger partial charge in [0, 0.05) is 12.5 Å². The van der Waals surface area contributed by atoms with Crippen LogP contribution >= 0.6 is 0 Å². The molecule has 1 unspecified atom stereocenters. The lowest BCUT2D eigenvalue weighted by Crippen LogP contribution is -2.14. The van der Waals surface area contributed by atoms with E-state index in [1.807, 2.05) is 12.1 Å². The molecule has 1 heterocycles. The predicted molar refractivity (Wildman–Crippen MR) is 60.1 cm³/mol. The highest BCUT2D eigenvalue weighted by molar-refractivity contribution is 5.80. The van der Waals surface area contributed by atoms with E-state index in [4.69, 9.17) is 9.52 Å². The Morgan fingerprint density at radius 1 is 1.56 bits per heavy atom. The Hall–Kier alpha value is -1.51. The van der Waals surface area contributed by atoms with Crippen molar-refractivity contribution in [3.8, 4) is 0 Å². The van der Waals surface area contributed by atoms with Crippen LogP contribution < -0.4 is 0 Å². The zero-order valence-electron chi connectivity index (χ0n) is 9.19. The summed E-state index contributed by atoms with van der Waals surface area (Å²) in [7, 11) is 0. The Bertz CT molecular complexity index is 376. The van der Waals surface area contributed by atoms with E-state index in [1.54, 1.807) is 6.26 Å². The van der Waals surface area contributed by atoms with Gasteiger partial charge in [0.05, 0.1) is 6.26 Å². The largest absolute Gasteiger partial charge is 0.478 e. The average Bonchev–Trinajstić information content (AvgIpc) is 2.73. The molecular weight excluding hydrogens is 204 g/mol. The molecule has 0 radical (unpaired) electrons. The van der Waals surface area contributed by atoms with E-state index in [-0.39, 0.29) is 0 Å². The molecule has 1 N–H and O–H groups in total. The van der Waals surface area contributed by atoms with Gasteiger partial charge in [-0.15, -0.1) is 0 Å². The quantitative estimate of drug-likeness (QED) is 0.796. The van der Waals surface area contributed by atoms with E-state index in [0.29, 0.717) is 5.92 Å². The van der Waals surface area contributed by atoms with Crippen molar-refractivity contribution < 1.29 is 14.3 Å². The first-order valence-corrected chi connectivity index (χ1v) is 5.71. The number of allylic oxidation sites excluding steroid dienone is 1. The molecule has 0 aliphatic heterocycles. The summed E-state index contributed by atoms with van der Waals surface area (Å²) >= 11 is 0. The van der Waals surface area contributed by atoms with Gasteiger partial charge in [0.15, 0.2) is 0 Å². The lowest BCUT2D eigenvalue weighted by Gasteiger charge is -2.24. The number of aliphatic carboxylic acids is 1.